The van der Waals surface area contributed by atoms with Crippen molar-refractivity contribution in [2.75, 3.05) is 32.8 Å². The molecule has 0 heterocycles. The van der Waals surface area contributed by atoms with Crippen molar-refractivity contribution in [1.29, 1.82) is 0 Å². The van der Waals surface area contributed by atoms with Gasteiger partial charge < -0.3 is 20.5 Å². The molecule has 0 aromatic heterocycles. The zero-order valence-electron chi connectivity index (χ0n) is 17.3. The van der Waals surface area contributed by atoms with Gasteiger partial charge in [0.2, 0.25) is 0 Å². The zero-order valence-corrected chi connectivity index (χ0v) is 17.3. The van der Waals surface area contributed by atoms with E-state index in [4.69, 9.17) is 9.73 Å². The average molecular weight is 368 g/mol. The average Bonchev–Trinajstić information content (AvgIpc) is 3.10. The molecular weight excluding hydrogens is 326 g/mol. The minimum Gasteiger partial charge on any atom is -0.392 e. The molecule has 2 unspecified atom stereocenters. The molecule has 26 heavy (non-hydrogen) atoms. The molecule has 0 spiro atoms. The van der Waals surface area contributed by atoms with Crippen molar-refractivity contribution in [2.24, 2.45) is 15.8 Å². The zero-order chi connectivity index (χ0) is 18.9. The number of hydrogen-bond donors (Lipinski definition) is 3. The lowest BCUT2D eigenvalue weighted by molar-refractivity contribution is 0.00396. The SMILES string of the molecule is CCNC(=NCC1(CCOCC)CCCC1)NCC1(C)CCCCC1O. The van der Waals surface area contributed by atoms with Crippen LogP contribution in [-0.2, 0) is 4.74 Å². The summed E-state index contributed by atoms with van der Waals surface area (Å²) < 4.78 is 5.62. The number of hydrogen-bond acceptors (Lipinski definition) is 3. The maximum absolute atomic E-state index is 10.4. The van der Waals surface area contributed by atoms with Gasteiger partial charge in [-0.3, -0.25) is 4.99 Å². The van der Waals surface area contributed by atoms with Crippen molar-refractivity contribution < 1.29 is 9.84 Å². The highest BCUT2D eigenvalue weighted by Gasteiger charge is 2.36. The maximum atomic E-state index is 10.4. The number of nitrogens with zero attached hydrogens (tertiary/aromatic N) is 1. The van der Waals surface area contributed by atoms with Gasteiger partial charge in [0.1, 0.15) is 0 Å². The molecule has 3 N–H and O–H groups in total. The van der Waals surface area contributed by atoms with E-state index in [-0.39, 0.29) is 11.5 Å². The monoisotopic (exact) mass is 367 g/mol. The van der Waals surface area contributed by atoms with Crippen LogP contribution in [0.3, 0.4) is 0 Å². The Morgan fingerprint density at radius 3 is 2.50 bits per heavy atom. The van der Waals surface area contributed by atoms with Gasteiger partial charge in [0.15, 0.2) is 5.96 Å². The Hall–Kier alpha value is -0.810. The van der Waals surface area contributed by atoms with Gasteiger partial charge in [0.05, 0.1) is 6.10 Å². The van der Waals surface area contributed by atoms with Crippen LogP contribution < -0.4 is 10.6 Å². The predicted molar refractivity (Wildman–Crippen MR) is 109 cm³/mol. The Labute approximate surface area is 160 Å². The van der Waals surface area contributed by atoms with Crippen molar-refractivity contribution in [3.63, 3.8) is 0 Å². The number of aliphatic hydroxyl groups excluding tert-OH is 1. The number of rotatable bonds is 9. The first-order chi connectivity index (χ1) is 12.5. The van der Waals surface area contributed by atoms with Gasteiger partial charge >= 0.3 is 0 Å². The molecule has 0 radical (unpaired) electrons. The highest BCUT2D eigenvalue weighted by atomic mass is 16.5. The van der Waals surface area contributed by atoms with Crippen LogP contribution >= 0.6 is 0 Å². The van der Waals surface area contributed by atoms with Crippen LogP contribution in [0.4, 0.5) is 0 Å². The first-order valence-electron chi connectivity index (χ1n) is 10.8. The third kappa shape index (κ3) is 6.12. The van der Waals surface area contributed by atoms with Crippen LogP contribution in [0, 0.1) is 10.8 Å². The molecule has 2 atom stereocenters. The van der Waals surface area contributed by atoms with Crippen LogP contribution in [0.5, 0.6) is 0 Å². The Morgan fingerprint density at radius 2 is 1.85 bits per heavy atom. The van der Waals surface area contributed by atoms with Gasteiger partial charge in [-0.1, -0.05) is 32.6 Å². The molecule has 5 heteroatoms. The van der Waals surface area contributed by atoms with Crippen molar-refractivity contribution >= 4 is 5.96 Å². The molecule has 0 aliphatic heterocycles. The molecule has 0 aromatic rings. The molecule has 2 rings (SSSR count). The Balaban J connectivity index is 1.93. The van der Waals surface area contributed by atoms with Crippen molar-refractivity contribution in [1.82, 2.24) is 10.6 Å². The number of aliphatic hydroxyl groups is 1. The molecule has 0 amide bonds. The molecule has 2 saturated carbocycles. The number of guanidine groups is 1. The Morgan fingerprint density at radius 1 is 1.12 bits per heavy atom. The van der Waals surface area contributed by atoms with Crippen LogP contribution in [0.2, 0.25) is 0 Å². The highest BCUT2D eigenvalue weighted by Crippen LogP contribution is 2.41. The van der Waals surface area contributed by atoms with Crippen molar-refractivity contribution in [3.05, 3.63) is 0 Å². The number of aliphatic imine (C=N–C) groups is 1. The van der Waals surface area contributed by atoms with Gasteiger partial charge in [-0.05, 0) is 51.4 Å². The topological polar surface area (TPSA) is 65.9 Å². The molecule has 0 saturated heterocycles. The molecule has 0 aromatic carbocycles. The Kier molecular flexibility index (Phi) is 8.68. The predicted octanol–water partition coefficient (Wildman–Crippen LogP) is 3.47. The molecule has 5 nitrogen and oxygen atoms in total. The molecule has 2 fully saturated rings. The maximum Gasteiger partial charge on any atom is 0.191 e. The minimum absolute atomic E-state index is 0.0472. The fourth-order valence-electron chi connectivity index (χ4n) is 4.51. The summed E-state index contributed by atoms with van der Waals surface area (Å²) in [6.07, 6.45) is 10.4. The summed E-state index contributed by atoms with van der Waals surface area (Å²) in [5.41, 5.74) is 0.264. The van der Waals surface area contributed by atoms with Crippen molar-refractivity contribution in [2.45, 2.75) is 84.7 Å². The van der Waals surface area contributed by atoms with Gasteiger partial charge in [-0.2, -0.15) is 0 Å². The van der Waals surface area contributed by atoms with E-state index in [1.165, 1.54) is 32.1 Å². The van der Waals surface area contributed by atoms with E-state index in [9.17, 15) is 5.11 Å². The third-order valence-electron chi connectivity index (χ3n) is 6.50. The first-order valence-corrected chi connectivity index (χ1v) is 10.8. The quantitative estimate of drug-likeness (QED) is 0.332. The summed E-state index contributed by atoms with van der Waals surface area (Å²) in [7, 11) is 0. The second-order valence-electron chi connectivity index (χ2n) is 8.62. The fourth-order valence-corrected chi connectivity index (χ4v) is 4.51. The van der Waals surface area contributed by atoms with E-state index >= 15 is 0 Å². The lowest BCUT2D eigenvalue weighted by Gasteiger charge is -2.39. The second-order valence-corrected chi connectivity index (χ2v) is 8.62. The van der Waals surface area contributed by atoms with E-state index in [2.05, 4.69) is 31.4 Å². The van der Waals surface area contributed by atoms with E-state index in [0.29, 0.717) is 5.41 Å². The summed E-state index contributed by atoms with van der Waals surface area (Å²) in [5, 5.41) is 17.3. The minimum atomic E-state index is -0.209. The molecule has 2 aliphatic carbocycles. The van der Waals surface area contributed by atoms with Crippen LogP contribution in [0.25, 0.3) is 0 Å². The lowest BCUT2D eigenvalue weighted by atomic mass is 9.73. The van der Waals surface area contributed by atoms with Crippen LogP contribution in [0.1, 0.15) is 78.6 Å². The molecular formula is C21H41N3O2. The number of ether oxygens (including phenoxy) is 1. The lowest BCUT2D eigenvalue weighted by Crippen LogP contribution is -2.48. The summed E-state index contributed by atoms with van der Waals surface area (Å²) in [6.45, 7) is 10.5. The van der Waals surface area contributed by atoms with E-state index in [1.807, 2.05) is 0 Å². The summed E-state index contributed by atoms with van der Waals surface area (Å²) >= 11 is 0. The normalized spacial score (nSPS) is 28.9. The van der Waals surface area contributed by atoms with Gasteiger partial charge in [-0.15, -0.1) is 0 Å². The second kappa shape index (κ2) is 10.5. The smallest absolute Gasteiger partial charge is 0.191 e. The van der Waals surface area contributed by atoms with Gasteiger partial charge in [0.25, 0.3) is 0 Å². The van der Waals surface area contributed by atoms with E-state index in [0.717, 1.165) is 64.5 Å². The van der Waals surface area contributed by atoms with E-state index in [1.54, 1.807) is 0 Å². The van der Waals surface area contributed by atoms with E-state index < -0.39 is 0 Å². The molecule has 2 aliphatic rings. The van der Waals surface area contributed by atoms with Crippen molar-refractivity contribution in [3.8, 4) is 0 Å². The summed E-state index contributed by atoms with van der Waals surface area (Å²) in [6, 6.07) is 0. The molecule has 152 valence electrons. The van der Waals surface area contributed by atoms with Gasteiger partial charge in [-0.25, -0.2) is 0 Å². The molecule has 0 bridgehead atoms. The number of nitrogens with one attached hydrogen (secondary N) is 2. The summed E-state index contributed by atoms with van der Waals surface area (Å²) in [4.78, 5) is 4.94. The highest BCUT2D eigenvalue weighted by molar-refractivity contribution is 5.79. The first kappa shape index (κ1) is 21.5. The fraction of sp³-hybridized carbons (Fsp3) is 0.952. The largest absolute Gasteiger partial charge is 0.392 e. The van der Waals surface area contributed by atoms with Gasteiger partial charge in [0, 0.05) is 38.3 Å². The Bertz CT molecular complexity index is 435. The summed E-state index contributed by atoms with van der Waals surface area (Å²) in [5.74, 6) is 0.897. The van der Waals surface area contributed by atoms with Crippen LogP contribution in [-0.4, -0.2) is 50.0 Å². The standard InChI is InChI=1S/C21H41N3O2/c1-4-22-19(23-16-20(3)11-7-6-10-18(20)25)24-17-21(12-8-9-13-21)14-15-26-5-2/h18,25H,4-17H2,1-3H3,(H2,22,23,24). The van der Waals surface area contributed by atoms with Crippen LogP contribution in [0.15, 0.2) is 4.99 Å². The third-order valence-corrected chi connectivity index (χ3v) is 6.50.